The van der Waals surface area contributed by atoms with Gasteiger partial charge in [0, 0.05) is 24.9 Å². The second-order valence-electron chi connectivity index (χ2n) is 7.65. The maximum absolute atomic E-state index is 13.5. The first-order valence-electron chi connectivity index (χ1n) is 10.2. The van der Waals surface area contributed by atoms with Crippen molar-refractivity contribution in [1.29, 1.82) is 0 Å². The fourth-order valence-corrected chi connectivity index (χ4v) is 5.15. The zero-order chi connectivity index (χ0) is 22.0. The summed E-state index contributed by atoms with van der Waals surface area (Å²) in [5.74, 6) is 1.77. The predicted octanol–water partition coefficient (Wildman–Crippen LogP) is 4.03. The zero-order valence-corrected chi connectivity index (χ0v) is 17.9. The number of carbonyl (C=O) groups excluding carboxylic acids is 1. The normalized spacial score (nSPS) is 21.4. The van der Waals surface area contributed by atoms with Crippen LogP contribution in [0, 0.1) is 0 Å². The number of ether oxygens (including phenoxy) is 2. The van der Waals surface area contributed by atoms with E-state index in [1.807, 2.05) is 0 Å². The van der Waals surface area contributed by atoms with Gasteiger partial charge < -0.3 is 14.4 Å². The van der Waals surface area contributed by atoms with Crippen molar-refractivity contribution < 1.29 is 27.4 Å². The Kier molecular flexibility index (Phi) is 6.47. The highest BCUT2D eigenvalue weighted by Crippen LogP contribution is 2.32. The van der Waals surface area contributed by atoms with Crippen LogP contribution in [0.2, 0.25) is 0 Å². The van der Waals surface area contributed by atoms with Crippen LogP contribution in [-0.4, -0.2) is 64.5 Å². The molecule has 31 heavy (non-hydrogen) atoms. The molecular weight excluding hydrogens is 431 g/mol. The fraction of sp³-hybridized carbons (Fsp3) is 0.524. The summed E-state index contributed by atoms with van der Waals surface area (Å²) in [6.45, 7) is 1.17. The minimum absolute atomic E-state index is 0.00824. The van der Waals surface area contributed by atoms with Gasteiger partial charge in [-0.2, -0.15) is 30.0 Å². The third-order valence-electron chi connectivity index (χ3n) is 5.57. The molecule has 2 aliphatic heterocycles. The van der Waals surface area contributed by atoms with Crippen molar-refractivity contribution in [2.24, 2.45) is 0 Å². The summed E-state index contributed by atoms with van der Waals surface area (Å²) >= 11 is 1.80. The number of rotatable bonds is 6. The molecule has 3 heterocycles. The molecule has 0 saturated carbocycles. The molecule has 0 bridgehead atoms. The van der Waals surface area contributed by atoms with Gasteiger partial charge in [0.25, 0.3) is 5.91 Å². The molecular formula is C21H24F3N3O3S. The summed E-state index contributed by atoms with van der Waals surface area (Å²) in [7, 11) is 1.42. The number of benzene rings is 1. The summed E-state index contributed by atoms with van der Waals surface area (Å²) in [5, 5.41) is 4.33. The van der Waals surface area contributed by atoms with Gasteiger partial charge >= 0.3 is 6.18 Å². The Morgan fingerprint density at radius 1 is 1.39 bits per heavy atom. The van der Waals surface area contributed by atoms with Crippen molar-refractivity contribution >= 4 is 17.7 Å². The molecule has 2 fully saturated rings. The van der Waals surface area contributed by atoms with E-state index in [-0.39, 0.29) is 35.2 Å². The Morgan fingerprint density at radius 3 is 2.87 bits per heavy atom. The Labute approximate surface area is 182 Å². The van der Waals surface area contributed by atoms with Crippen LogP contribution in [0.3, 0.4) is 0 Å². The van der Waals surface area contributed by atoms with E-state index in [4.69, 9.17) is 9.47 Å². The molecule has 4 rings (SSSR count). The van der Waals surface area contributed by atoms with E-state index in [1.165, 1.54) is 30.1 Å². The van der Waals surface area contributed by atoms with Crippen LogP contribution in [0.15, 0.2) is 30.5 Å². The van der Waals surface area contributed by atoms with Crippen molar-refractivity contribution in [3.8, 4) is 11.4 Å². The largest absolute Gasteiger partial charge is 0.493 e. The van der Waals surface area contributed by atoms with Crippen LogP contribution in [0.25, 0.3) is 5.69 Å². The number of methoxy groups -OCH3 is 1. The van der Waals surface area contributed by atoms with Crippen molar-refractivity contribution in [2.75, 3.05) is 31.8 Å². The predicted molar refractivity (Wildman–Crippen MR) is 111 cm³/mol. The number of amides is 1. The third kappa shape index (κ3) is 4.85. The quantitative estimate of drug-likeness (QED) is 0.659. The molecule has 0 aliphatic carbocycles. The highest BCUT2D eigenvalue weighted by atomic mass is 32.2. The number of alkyl halides is 3. The van der Waals surface area contributed by atoms with Crippen LogP contribution in [0.1, 0.15) is 35.3 Å². The van der Waals surface area contributed by atoms with Crippen LogP contribution in [0.5, 0.6) is 5.75 Å². The second-order valence-corrected chi connectivity index (χ2v) is 8.80. The number of hydrogen-bond donors (Lipinski definition) is 0. The molecule has 10 heteroatoms. The lowest BCUT2D eigenvalue weighted by molar-refractivity contribution is -0.137. The van der Waals surface area contributed by atoms with E-state index in [0.29, 0.717) is 13.2 Å². The number of halogens is 3. The van der Waals surface area contributed by atoms with Crippen molar-refractivity contribution in [2.45, 2.75) is 37.6 Å². The van der Waals surface area contributed by atoms with Crippen LogP contribution in [-0.2, 0) is 10.9 Å². The lowest BCUT2D eigenvalue weighted by Gasteiger charge is -2.30. The maximum Gasteiger partial charge on any atom is 0.416 e. The summed E-state index contributed by atoms with van der Waals surface area (Å²) in [4.78, 5) is 15.3. The minimum atomic E-state index is -4.47. The van der Waals surface area contributed by atoms with Crippen LogP contribution >= 0.6 is 11.8 Å². The first kappa shape index (κ1) is 22.0. The van der Waals surface area contributed by atoms with Gasteiger partial charge in [-0.3, -0.25) is 4.79 Å². The molecule has 1 aromatic heterocycles. The lowest BCUT2D eigenvalue weighted by Crippen LogP contribution is -2.45. The topological polar surface area (TPSA) is 56.6 Å². The van der Waals surface area contributed by atoms with Crippen molar-refractivity contribution in [3.05, 3.63) is 41.7 Å². The Morgan fingerprint density at radius 2 is 2.23 bits per heavy atom. The molecule has 168 valence electrons. The molecule has 2 saturated heterocycles. The first-order chi connectivity index (χ1) is 14.9. The van der Waals surface area contributed by atoms with Crippen molar-refractivity contribution in [1.82, 2.24) is 14.7 Å². The monoisotopic (exact) mass is 455 g/mol. The minimum Gasteiger partial charge on any atom is -0.493 e. The standard InChI is InChI=1S/C21H24F3N3O3S/c1-29-18-12-27(15-5-2-4-14(10-15)21(22,23)24)25-19(18)20(28)26(16-7-9-31-13-16)11-17-6-3-8-30-17/h2,4-5,10,12,16-17H,3,6-9,11,13H2,1H3. The smallest absolute Gasteiger partial charge is 0.416 e. The van der Waals surface area contributed by atoms with Gasteiger partial charge in [0.15, 0.2) is 11.4 Å². The number of thioether (sulfide) groups is 1. The van der Waals surface area contributed by atoms with E-state index in [2.05, 4.69) is 5.10 Å². The Balaban J connectivity index is 1.64. The van der Waals surface area contributed by atoms with Gasteiger partial charge in [-0.25, -0.2) is 4.68 Å². The van der Waals surface area contributed by atoms with E-state index >= 15 is 0 Å². The molecule has 6 nitrogen and oxygen atoms in total. The van der Waals surface area contributed by atoms with Gasteiger partial charge in [0.05, 0.1) is 30.7 Å². The summed E-state index contributed by atoms with van der Waals surface area (Å²) in [6.07, 6.45) is -0.273. The molecule has 0 spiro atoms. The number of hydrogen-bond acceptors (Lipinski definition) is 5. The molecule has 1 aromatic carbocycles. The van der Waals surface area contributed by atoms with Gasteiger partial charge in [-0.1, -0.05) is 6.07 Å². The third-order valence-corrected chi connectivity index (χ3v) is 6.72. The second kappa shape index (κ2) is 9.12. The molecule has 2 aliphatic rings. The molecule has 2 aromatic rings. The van der Waals surface area contributed by atoms with E-state index in [9.17, 15) is 18.0 Å². The van der Waals surface area contributed by atoms with Crippen molar-refractivity contribution in [3.63, 3.8) is 0 Å². The number of aromatic nitrogens is 2. The van der Waals surface area contributed by atoms with Gasteiger partial charge in [0.2, 0.25) is 0 Å². The average molecular weight is 456 g/mol. The van der Waals surface area contributed by atoms with Gasteiger partial charge in [0.1, 0.15) is 0 Å². The molecule has 0 radical (unpaired) electrons. The summed E-state index contributed by atoms with van der Waals surface area (Å²) < 4.78 is 51.7. The molecule has 1 amide bonds. The lowest BCUT2D eigenvalue weighted by atomic mass is 10.1. The molecule has 0 N–H and O–H groups in total. The number of nitrogens with zero attached hydrogens (tertiary/aromatic N) is 3. The Hall–Kier alpha value is -2.20. The Bertz CT molecular complexity index is 922. The first-order valence-corrected chi connectivity index (χ1v) is 11.3. The summed E-state index contributed by atoms with van der Waals surface area (Å²) in [5.41, 5.74) is -0.487. The van der Waals surface area contributed by atoms with E-state index < -0.39 is 11.7 Å². The van der Waals surface area contributed by atoms with Gasteiger partial charge in [-0.05, 0) is 43.2 Å². The SMILES string of the molecule is COc1cn(-c2cccc(C(F)(F)F)c2)nc1C(=O)N(CC1CCCO1)C1CCSC1. The summed E-state index contributed by atoms with van der Waals surface area (Å²) in [6, 6.07) is 4.89. The van der Waals surface area contributed by atoms with E-state index in [1.54, 1.807) is 16.7 Å². The highest BCUT2D eigenvalue weighted by Gasteiger charge is 2.34. The van der Waals surface area contributed by atoms with Gasteiger partial charge in [-0.15, -0.1) is 0 Å². The zero-order valence-electron chi connectivity index (χ0n) is 17.1. The van der Waals surface area contributed by atoms with Crippen LogP contribution < -0.4 is 4.74 Å². The average Bonchev–Trinajstić information content (AvgIpc) is 3.52. The maximum atomic E-state index is 13.5. The highest BCUT2D eigenvalue weighted by molar-refractivity contribution is 7.99. The van der Waals surface area contributed by atoms with Crippen LogP contribution in [0.4, 0.5) is 13.2 Å². The molecule has 2 atom stereocenters. The molecule has 2 unspecified atom stereocenters. The fourth-order valence-electron chi connectivity index (χ4n) is 3.92. The van der Waals surface area contributed by atoms with E-state index in [0.717, 1.165) is 42.9 Å². The number of carbonyl (C=O) groups is 1.